The molecule has 0 spiro atoms. The van der Waals surface area contributed by atoms with Gasteiger partial charge in [0.25, 0.3) is 5.69 Å². The van der Waals surface area contributed by atoms with Crippen LogP contribution >= 0.6 is 27.5 Å². The fraction of sp³-hybridized carbons (Fsp3) is 0. The zero-order valence-electron chi connectivity index (χ0n) is 10.2. The highest BCUT2D eigenvalue weighted by Gasteiger charge is 2.23. The van der Waals surface area contributed by atoms with E-state index in [1.807, 2.05) is 0 Å². The zero-order chi connectivity index (χ0) is 15.6. The van der Waals surface area contributed by atoms with Crippen LogP contribution in [0.4, 0.5) is 11.4 Å². The standard InChI is InChI=1S/C12H6BrClN2O5/c13-11-8(15(17)18)4-2-5-9(11)21-10-6-1-3-7(14)12(10)16(19)20/h1-6H. The summed E-state index contributed by atoms with van der Waals surface area (Å²) in [6, 6.07) is 8.33. The predicted molar refractivity (Wildman–Crippen MR) is 79.0 cm³/mol. The van der Waals surface area contributed by atoms with Crippen LogP contribution in [0.2, 0.25) is 5.02 Å². The molecule has 0 aliphatic rings. The van der Waals surface area contributed by atoms with Crippen molar-refractivity contribution in [1.82, 2.24) is 0 Å². The molecule has 2 aromatic rings. The molecule has 0 fully saturated rings. The Hall–Kier alpha value is -2.19. The van der Waals surface area contributed by atoms with E-state index >= 15 is 0 Å². The molecule has 0 atom stereocenters. The summed E-state index contributed by atoms with van der Waals surface area (Å²) in [4.78, 5) is 20.6. The van der Waals surface area contributed by atoms with Crippen LogP contribution in [-0.4, -0.2) is 9.85 Å². The van der Waals surface area contributed by atoms with E-state index in [-0.39, 0.29) is 26.7 Å². The van der Waals surface area contributed by atoms with Gasteiger partial charge in [-0.25, -0.2) is 0 Å². The highest BCUT2D eigenvalue weighted by atomic mass is 79.9. The average Bonchev–Trinajstić information content (AvgIpc) is 2.40. The second kappa shape index (κ2) is 6.06. The first-order valence-corrected chi connectivity index (χ1v) is 6.62. The van der Waals surface area contributed by atoms with Gasteiger partial charge in [0, 0.05) is 6.07 Å². The van der Waals surface area contributed by atoms with E-state index < -0.39 is 15.5 Å². The van der Waals surface area contributed by atoms with Crippen LogP contribution in [0.15, 0.2) is 40.9 Å². The van der Waals surface area contributed by atoms with Crippen molar-refractivity contribution in [2.75, 3.05) is 0 Å². The fourth-order valence-electron chi connectivity index (χ4n) is 1.59. The lowest BCUT2D eigenvalue weighted by Crippen LogP contribution is -1.96. The van der Waals surface area contributed by atoms with Crippen LogP contribution in [-0.2, 0) is 0 Å². The van der Waals surface area contributed by atoms with Crippen LogP contribution in [0, 0.1) is 20.2 Å². The van der Waals surface area contributed by atoms with Crippen molar-refractivity contribution < 1.29 is 14.6 Å². The molecule has 0 bridgehead atoms. The Morgan fingerprint density at radius 2 is 1.62 bits per heavy atom. The molecule has 0 aliphatic heterocycles. The molecule has 2 aromatic carbocycles. The Labute approximate surface area is 131 Å². The summed E-state index contributed by atoms with van der Waals surface area (Å²) < 4.78 is 5.48. The first-order chi connectivity index (χ1) is 9.91. The number of nitro benzene ring substituents is 2. The summed E-state index contributed by atoms with van der Waals surface area (Å²) in [6.07, 6.45) is 0. The summed E-state index contributed by atoms with van der Waals surface area (Å²) in [7, 11) is 0. The third-order valence-electron chi connectivity index (χ3n) is 2.49. The monoisotopic (exact) mass is 372 g/mol. The number of hydrogen-bond donors (Lipinski definition) is 0. The first-order valence-electron chi connectivity index (χ1n) is 5.45. The molecule has 2 rings (SSSR count). The molecule has 108 valence electrons. The van der Waals surface area contributed by atoms with Gasteiger partial charge in [-0.15, -0.1) is 0 Å². The number of para-hydroxylation sites is 1. The molecule has 0 heterocycles. The summed E-state index contributed by atoms with van der Waals surface area (Å²) in [5.74, 6) is -0.0248. The van der Waals surface area contributed by atoms with Gasteiger partial charge in [-0.3, -0.25) is 20.2 Å². The van der Waals surface area contributed by atoms with Crippen molar-refractivity contribution in [2.24, 2.45) is 0 Å². The number of nitro groups is 2. The van der Waals surface area contributed by atoms with Gasteiger partial charge in [0.1, 0.15) is 15.2 Å². The van der Waals surface area contributed by atoms with Gasteiger partial charge in [-0.05, 0) is 34.1 Å². The van der Waals surface area contributed by atoms with E-state index in [9.17, 15) is 20.2 Å². The molecular formula is C12H6BrClN2O5. The number of benzene rings is 2. The highest BCUT2D eigenvalue weighted by Crippen LogP contribution is 2.41. The van der Waals surface area contributed by atoms with Gasteiger partial charge in [0.2, 0.25) is 5.75 Å². The van der Waals surface area contributed by atoms with E-state index in [1.165, 1.54) is 36.4 Å². The number of halogens is 2. The SMILES string of the molecule is O=[N+]([O-])c1cccc(Oc2cccc(Cl)c2[N+](=O)[O-])c1Br. The van der Waals surface area contributed by atoms with Gasteiger partial charge in [-0.2, -0.15) is 0 Å². The minimum atomic E-state index is -0.678. The second-order valence-corrected chi connectivity index (χ2v) is 4.99. The molecule has 0 aliphatic carbocycles. The average molecular weight is 374 g/mol. The molecule has 0 radical (unpaired) electrons. The summed E-state index contributed by atoms with van der Waals surface area (Å²) in [6.45, 7) is 0. The number of ether oxygens (including phenoxy) is 1. The Morgan fingerprint density at radius 1 is 1.00 bits per heavy atom. The first kappa shape index (κ1) is 15.2. The molecule has 21 heavy (non-hydrogen) atoms. The maximum Gasteiger partial charge on any atom is 0.329 e. The Balaban J connectivity index is 2.49. The van der Waals surface area contributed by atoms with Gasteiger partial charge < -0.3 is 4.74 Å². The van der Waals surface area contributed by atoms with Gasteiger partial charge >= 0.3 is 5.69 Å². The van der Waals surface area contributed by atoms with Crippen molar-refractivity contribution in [3.8, 4) is 11.5 Å². The van der Waals surface area contributed by atoms with Crippen molar-refractivity contribution in [2.45, 2.75) is 0 Å². The summed E-state index contributed by atoms with van der Waals surface area (Å²) >= 11 is 8.82. The lowest BCUT2D eigenvalue weighted by molar-refractivity contribution is -0.386. The Bertz CT molecular complexity index is 738. The lowest BCUT2D eigenvalue weighted by Gasteiger charge is -2.08. The quantitative estimate of drug-likeness (QED) is 0.571. The van der Waals surface area contributed by atoms with Gasteiger partial charge in [0.15, 0.2) is 0 Å². The number of rotatable bonds is 4. The largest absolute Gasteiger partial charge is 0.449 e. The maximum atomic E-state index is 11.0. The van der Waals surface area contributed by atoms with Crippen molar-refractivity contribution >= 4 is 38.9 Å². The van der Waals surface area contributed by atoms with E-state index in [1.54, 1.807) is 0 Å². The van der Waals surface area contributed by atoms with Crippen molar-refractivity contribution in [3.05, 3.63) is 66.1 Å². The van der Waals surface area contributed by atoms with Crippen LogP contribution in [0.25, 0.3) is 0 Å². The van der Waals surface area contributed by atoms with Gasteiger partial charge in [-0.1, -0.05) is 23.7 Å². The van der Waals surface area contributed by atoms with E-state index in [4.69, 9.17) is 16.3 Å². The van der Waals surface area contributed by atoms with Gasteiger partial charge in [0.05, 0.1) is 9.85 Å². The molecule has 0 unspecified atom stereocenters. The lowest BCUT2D eigenvalue weighted by atomic mass is 10.3. The Morgan fingerprint density at radius 3 is 2.24 bits per heavy atom. The van der Waals surface area contributed by atoms with Crippen LogP contribution in [0.3, 0.4) is 0 Å². The predicted octanol–water partition coefficient (Wildman–Crippen LogP) is 4.71. The molecular weight excluding hydrogens is 367 g/mol. The fourth-order valence-corrected chi connectivity index (χ4v) is 2.32. The normalized spacial score (nSPS) is 10.2. The second-order valence-electron chi connectivity index (χ2n) is 3.79. The smallest absolute Gasteiger partial charge is 0.329 e. The zero-order valence-corrected chi connectivity index (χ0v) is 12.5. The molecule has 0 aromatic heterocycles. The molecule has 0 amide bonds. The van der Waals surface area contributed by atoms with E-state index in [0.29, 0.717) is 0 Å². The molecule has 0 saturated carbocycles. The molecule has 0 saturated heterocycles. The summed E-state index contributed by atoms with van der Waals surface area (Å²) in [5.41, 5.74) is -0.616. The van der Waals surface area contributed by atoms with Crippen molar-refractivity contribution in [3.63, 3.8) is 0 Å². The van der Waals surface area contributed by atoms with Crippen LogP contribution in [0.5, 0.6) is 11.5 Å². The molecule has 7 nitrogen and oxygen atoms in total. The highest BCUT2D eigenvalue weighted by molar-refractivity contribution is 9.10. The van der Waals surface area contributed by atoms with Crippen LogP contribution in [0.1, 0.15) is 0 Å². The minimum absolute atomic E-state index is 0.0783. The van der Waals surface area contributed by atoms with Crippen LogP contribution < -0.4 is 4.74 Å². The molecule has 9 heteroatoms. The van der Waals surface area contributed by atoms with E-state index in [0.717, 1.165) is 0 Å². The van der Waals surface area contributed by atoms with Crippen molar-refractivity contribution in [1.29, 1.82) is 0 Å². The third-order valence-corrected chi connectivity index (χ3v) is 3.59. The number of nitrogens with zero attached hydrogens (tertiary/aromatic N) is 2. The van der Waals surface area contributed by atoms with E-state index in [2.05, 4.69) is 15.9 Å². The Kier molecular flexibility index (Phi) is 4.39. The minimum Gasteiger partial charge on any atom is -0.449 e. The third kappa shape index (κ3) is 3.11. The number of hydrogen-bond acceptors (Lipinski definition) is 5. The summed E-state index contributed by atoms with van der Waals surface area (Å²) in [5, 5.41) is 21.8. The maximum absolute atomic E-state index is 11.0. The topological polar surface area (TPSA) is 95.5 Å². The molecule has 0 N–H and O–H groups in total.